The molecule has 1 atom stereocenters. The molecule has 82 heavy (non-hydrogen) atoms. The highest BCUT2D eigenvalue weighted by Crippen LogP contribution is 2.18. The van der Waals surface area contributed by atoms with Crippen molar-refractivity contribution in [2.45, 2.75) is 392 Å². The number of aliphatic hydroxyl groups excluding tert-OH is 1. The van der Waals surface area contributed by atoms with E-state index in [0.29, 0.717) is 12.8 Å². The van der Waals surface area contributed by atoms with Gasteiger partial charge in [-0.15, -0.1) is 0 Å². The van der Waals surface area contributed by atoms with E-state index in [-0.39, 0.29) is 25.2 Å². The first kappa shape index (κ1) is 79.3. The summed E-state index contributed by atoms with van der Waals surface area (Å²) in [6.07, 6.45) is 101. The fraction of sp³-hybridized carbons (Fsp3) is 0.818. The molecular weight excluding hydrogens is 1000 g/mol. The van der Waals surface area contributed by atoms with Crippen molar-refractivity contribution < 1.29 is 24.2 Å². The number of unbranched alkanes of at least 4 members (excludes halogenated alkanes) is 48. The van der Waals surface area contributed by atoms with E-state index in [1.807, 2.05) is 0 Å². The van der Waals surface area contributed by atoms with E-state index in [2.05, 4.69) is 86.8 Å². The maximum Gasteiger partial charge on any atom is 0.306 e. The predicted molar refractivity (Wildman–Crippen MR) is 362 cm³/mol. The first-order chi connectivity index (χ1) is 40.6. The Hall–Kier alpha value is -2.66. The molecule has 0 spiro atoms. The minimum atomic E-state index is -0.774. The van der Waals surface area contributed by atoms with Crippen molar-refractivity contribution in [2.75, 3.05) is 13.2 Å². The van der Waals surface area contributed by atoms with Crippen molar-refractivity contribution in [1.29, 1.82) is 0 Å². The number of aliphatic hydroxyl groups is 1. The van der Waals surface area contributed by atoms with Crippen LogP contribution in [0.1, 0.15) is 386 Å². The molecule has 5 nitrogen and oxygen atoms in total. The molecule has 0 aliphatic carbocycles. The summed E-state index contributed by atoms with van der Waals surface area (Å²) in [5.41, 5.74) is 0. The molecular formula is C77H140O5. The van der Waals surface area contributed by atoms with E-state index < -0.39 is 6.10 Å². The highest BCUT2D eigenvalue weighted by molar-refractivity contribution is 5.70. The van der Waals surface area contributed by atoms with Crippen molar-refractivity contribution in [3.63, 3.8) is 0 Å². The Balaban J connectivity index is 3.41. The van der Waals surface area contributed by atoms with Crippen LogP contribution in [0.4, 0.5) is 0 Å². The number of hydrogen-bond acceptors (Lipinski definition) is 5. The van der Waals surface area contributed by atoms with E-state index in [4.69, 9.17) is 9.47 Å². The number of ether oxygens (including phenoxy) is 2. The normalized spacial score (nSPS) is 12.6. The Morgan fingerprint density at radius 1 is 0.280 bits per heavy atom. The third kappa shape index (κ3) is 69.8. The summed E-state index contributed by atoms with van der Waals surface area (Å²) in [5.74, 6) is -0.573. The fourth-order valence-electron chi connectivity index (χ4n) is 11.0. The van der Waals surface area contributed by atoms with Gasteiger partial charge in [-0.25, -0.2) is 0 Å². The lowest BCUT2D eigenvalue weighted by Gasteiger charge is -2.15. The summed E-state index contributed by atoms with van der Waals surface area (Å²) < 4.78 is 10.8. The van der Waals surface area contributed by atoms with Crippen molar-refractivity contribution >= 4 is 11.9 Å². The molecule has 0 aromatic heterocycles. The fourth-order valence-corrected chi connectivity index (χ4v) is 11.0. The van der Waals surface area contributed by atoms with Gasteiger partial charge in [-0.05, 0) is 89.9 Å². The minimum absolute atomic E-state index is 0.0634. The van der Waals surface area contributed by atoms with Crippen LogP contribution in [0, 0.1) is 0 Å². The summed E-state index contributed by atoms with van der Waals surface area (Å²) in [4.78, 5) is 24.7. The molecule has 0 amide bonds. The molecule has 0 saturated heterocycles. The summed E-state index contributed by atoms with van der Waals surface area (Å²) in [7, 11) is 0. The lowest BCUT2D eigenvalue weighted by molar-refractivity contribution is -0.161. The second kappa shape index (κ2) is 72.6. The van der Waals surface area contributed by atoms with E-state index in [1.165, 1.54) is 295 Å². The van der Waals surface area contributed by atoms with Crippen LogP contribution in [0.3, 0.4) is 0 Å². The Morgan fingerprint density at radius 2 is 0.488 bits per heavy atom. The molecule has 0 fully saturated rings. The zero-order valence-electron chi connectivity index (χ0n) is 55.0. The molecule has 0 heterocycles. The summed E-state index contributed by atoms with van der Waals surface area (Å²) in [6.45, 7) is 4.16. The number of hydrogen-bond donors (Lipinski definition) is 1. The van der Waals surface area contributed by atoms with E-state index in [9.17, 15) is 14.7 Å². The van der Waals surface area contributed by atoms with E-state index >= 15 is 0 Å². The predicted octanol–water partition coefficient (Wildman–Crippen LogP) is 25.4. The third-order valence-corrected chi connectivity index (χ3v) is 16.5. The summed E-state index contributed by atoms with van der Waals surface area (Å²) in [5, 5.41) is 9.71. The minimum Gasteiger partial charge on any atom is -0.462 e. The van der Waals surface area contributed by atoms with Gasteiger partial charge >= 0.3 is 11.9 Å². The molecule has 1 N–H and O–H groups in total. The molecule has 5 heteroatoms. The Morgan fingerprint density at radius 3 is 0.732 bits per heavy atom. The van der Waals surface area contributed by atoms with Crippen LogP contribution in [0.5, 0.6) is 0 Å². The van der Waals surface area contributed by atoms with Crippen LogP contribution >= 0.6 is 0 Å². The highest BCUT2D eigenvalue weighted by Gasteiger charge is 2.16. The monoisotopic (exact) mass is 1150 g/mol. The Labute approximate surface area is 512 Å². The van der Waals surface area contributed by atoms with Gasteiger partial charge in [0.25, 0.3) is 0 Å². The highest BCUT2D eigenvalue weighted by atomic mass is 16.6. The zero-order chi connectivity index (χ0) is 59.1. The molecule has 0 aromatic rings. The van der Waals surface area contributed by atoms with Gasteiger partial charge in [0.05, 0.1) is 6.61 Å². The third-order valence-electron chi connectivity index (χ3n) is 16.5. The standard InChI is InChI=1S/C77H140O5/c1-3-5-7-9-11-13-15-17-19-21-23-25-27-29-31-33-34-35-36-37-38-39-40-41-42-44-46-48-50-52-54-56-58-60-62-64-66-68-70-72-77(80)82-75(73-78)74-81-76(79)71-69-67-65-63-61-59-57-55-53-51-49-47-45-43-32-30-28-26-24-22-20-18-16-14-12-10-8-6-4-2/h15-18,21-24,27-30,75,78H,3-14,19-20,25-26,31-74H2,1-2H3/b17-15-,18-16-,23-21-,24-22-,29-27-,30-28-. The molecule has 0 bridgehead atoms. The summed E-state index contributed by atoms with van der Waals surface area (Å²) >= 11 is 0. The molecule has 0 saturated carbocycles. The topological polar surface area (TPSA) is 72.8 Å². The first-order valence-corrected chi connectivity index (χ1v) is 36.5. The molecule has 1 unspecified atom stereocenters. The van der Waals surface area contributed by atoms with Crippen LogP contribution in [0.25, 0.3) is 0 Å². The molecule has 0 aliphatic rings. The molecule has 0 aliphatic heterocycles. The first-order valence-electron chi connectivity index (χ1n) is 36.5. The SMILES string of the molecule is CCCCCCC/C=C\C/C=C\C/C=C\CCCCCCCCCCCCCCCCCCCCCCCCCCC(=O)OC(CO)COC(=O)CCCCCCCCCCCCCCCC/C=C\C/C=C\C/C=C\CCCCCCC. The Kier molecular flexibility index (Phi) is 70.2. The quantitative estimate of drug-likeness (QED) is 0.0373. The van der Waals surface area contributed by atoms with Gasteiger partial charge in [0.2, 0.25) is 0 Å². The number of carbonyl (C=O) groups excluding carboxylic acids is 2. The van der Waals surface area contributed by atoms with Crippen LogP contribution in [0.2, 0.25) is 0 Å². The maximum atomic E-state index is 12.4. The van der Waals surface area contributed by atoms with Gasteiger partial charge in [0.15, 0.2) is 6.10 Å². The number of carbonyl (C=O) groups is 2. The second-order valence-corrected chi connectivity index (χ2v) is 24.7. The van der Waals surface area contributed by atoms with Gasteiger partial charge in [-0.3, -0.25) is 9.59 Å². The number of rotatable bonds is 68. The van der Waals surface area contributed by atoms with E-state index in [1.54, 1.807) is 0 Å². The van der Waals surface area contributed by atoms with Crippen LogP contribution < -0.4 is 0 Å². The van der Waals surface area contributed by atoms with Gasteiger partial charge in [0, 0.05) is 12.8 Å². The smallest absolute Gasteiger partial charge is 0.306 e. The van der Waals surface area contributed by atoms with Crippen LogP contribution in [-0.4, -0.2) is 36.4 Å². The van der Waals surface area contributed by atoms with Crippen molar-refractivity contribution in [2.24, 2.45) is 0 Å². The average Bonchev–Trinajstić information content (AvgIpc) is 3.49. The van der Waals surface area contributed by atoms with Crippen molar-refractivity contribution in [1.82, 2.24) is 0 Å². The van der Waals surface area contributed by atoms with Gasteiger partial charge < -0.3 is 14.6 Å². The number of allylic oxidation sites excluding steroid dienone is 12. The largest absolute Gasteiger partial charge is 0.462 e. The maximum absolute atomic E-state index is 12.4. The van der Waals surface area contributed by atoms with Gasteiger partial charge in [0.1, 0.15) is 6.61 Å². The van der Waals surface area contributed by atoms with Crippen molar-refractivity contribution in [3.05, 3.63) is 72.9 Å². The summed E-state index contributed by atoms with van der Waals surface area (Å²) in [6, 6.07) is 0. The Bertz CT molecular complexity index is 1440. The van der Waals surface area contributed by atoms with Crippen LogP contribution in [-0.2, 0) is 19.1 Å². The lowest BCUT2D eigenvalue weighted by atomic mass is 10.0. The molecule has 0 radical (unpaired) electrons. The van der Waals surface area contributed by atoms with E-state index in [0.717, 1.165) is 64.2 Å². The zero-order valence-corrected chi connectivity index (χ0v) is 55.0. The molecule has 0 aromatic carbocycles. The van der Waals surface area contributed by atoms with Crippen molar-refractivity contribution in [3.8, 4) is 0 Å². The van der Waals surface area contributed by atoms with Gasteiger partial charge in [-0.1, -0.05) is 356 Å². The van der Waals surface area contributed by atoms with Crippen LogP contribution in [0.15, 0.2) is 72.9 Å². The second-order valence-electron chi connectivity index (χ2n) is 24.7. The molecule has 0 rings (SSSR count). The number of esters is 2. The lowest BCUT2D eigenvalue weighted by Crippen LogP contribution is -2.28. The average molecular weight is 1150 g/mol. The molecule has 478 valence electrons. The van der Waals surface area contributed by atoms with Gasteiger partial charge in [-0.2, -0.15) is 0 Å².